The third-order valence-corrected chi connectivity index (χ3v) is 2.19. The number of carbonyl (C=O) groups is 1. The number of carbonyl (C=O) groups excluding carboxylic acids is 1. The van der Waals surface area contributed by atoms with Crippen molar-refractivity contribution in [2.45, 2.75) is 32.1 Å². The van der Waals surface area contributed by atoms with Gasteiger partial charge in [-0.2, -0.15) is 22.0 Å². The van der Waals surface area contributed by atoms with Gasteiger partial charge in [0.2, 0.25) is 5.78 Å². The van der Waals surface area contributed by atoms with E-state index in [2.05, 4.69) is 0 Å². The number of Topliss-reactive ketones (excluding diaryl/α,β-unsaturated/α-hetero) is 1. The standard InChI is InChI=1S/C12H10F6O2/c1-6(2)20-9-5-7(13)3-4-8(9)10(19)11(14,15)12(16,17)18/h3-6H,1-2H3. The van der Waals surface area contributed by atoms with Crippen LogP contribution in [0.15, 0.2) is 18.2 Å². The van der Waals surface area contributed by atoms with Gasteiger partial charge in [0.25, 0.3) is 0 Å². The molecular formula is C12H10F6O2. The molecule has 0 aromatic heterocycles. The minimum absolute atomic E-state index is 0.537. The summed E-state index contributed by atoms with van der Waals surface area (Å²) in [5.74, 6) is -9.64. The molecule has 0 aliphatic heterocycles. The minimum atomic E-state index is -6.03. The van der Waals surface area contributed by atoms with Crippen LogP contribution in [0.1, 0.15) is 24.2 Å². The highest BCUT2D eigenvalue weighted by Gasteiger charge is 2.63. The molecule has 0 heterocycles. The van der Waals surface area contributed by atoms with Crippen LogP contribution in [0.2, 0.25) is 0 Å². The van der Waals surface area contributed by atoms with Crippen molar-refractivity contribution in [3.63, 3.8) is 0 Å². The van der Waals surface area contributed by atoms with Crippen LogP contribution in [0, 0.1) is 5.82 Å². The fourth-order valence-electron chi connectivity index (χ4n) is 1.33. The van der Waals surface area contributed by atoms with Gasteiger partial charge in [0, 0.05) is 6.07 Å². The van der Waals surface area contributed by atoms with Gasteiger partial charge in [-0.05, 0) is 26.0 Å². The van der Waals surface area contributed by atoms with Crippen molar-refractivity contribution in [3.05, 3.63) is 29.6 Å². The zero-order chi connectivity index (χ0) is 15.7. The van der Waals surface area contributed by atoms with Gasteiger partial charge in [-0.1, -0.05) is 0 Å². The van der Waals surface area contributed by atoms with E-state index in [-0.39, 0.29) is 0 Å². The Morgan fingerprint density at radius 1 is 1.15 bits per heavy atom. The first-order valence-electron chi connectivity index (χ1n) is 5.42. The molecule has 0 radical (unpaired) electrons. The topological polar surface area (TPSA) is 26.3 Å². The van der Waals surface area contributed by atoms with E-state index in [0.717, 1.165) is 0 Å². The summed E-state index contributed by atoms with van der Waals surface area (Å²) in [5, 5.41) is 0. The Kier molecular flexibility index (Phi) is 4.36. The molecular weight excluding hydrogens is 290 g/mol. The Labute approximate surface area is 110 Å². The van der Waals surface area contributed by atoms with Crippen molar-refractivity contribution in [3.8, 4) is 5.75 Å². The Bertz CT molecular complexity index is 507. The average molecular weight is 300 g/mol. The second-order valence-electron chi connectivity index (χ2n) is 4.21. The monoisotopic (exact) mass is 300 g/mol. The van der Waals surface area contributed by atoms with Gasteiger partial charge >= 0.3 is 12.1 Å². The van der Waals surface area contributed by atoms with E-state index >= 15 is 0 Å². The first kappa shape index (κ1) is 16.3. The highest BCUT2D eigenvalue weighted by Crippen LogP contribution is 2.39. The fraction of sp³-hybridized carbons (Fsp3) is 0.417. The highest BCUT2D eigenvalue weighted by atomic mass is 19.4. The van der Waals surface area contributed by atoms with E-state index in [1.54, 1.807) is 0 Å². The second kappa shape index (κ2) is 5.34. The molecule has 0 N–H and O–H groups in total. The lowest BCUT2D eigenvalue weighted by Crippen LogP contribution is -2.44. The number of benzene rings is 1. The fourth-order valence-corrected chi connectivity index (χ4v) is 1.33. The molecule has 8 heteroatoms. The maximum atomic E-state index is 13.0. The van der Waals surface area contributed by atoms with E-state index in [1.165, 1.54) is 13.8 Å². The van der Waals surface area contributed by atoms with Crippen molar-refractivity contribution < 1.29 is 35.9 Å². The van der Waals surface area contributed by atoms with Crippen LogP contribution >= 0.6 is 0 Å². The Morgan fingerprint density at radius 2 is 1.70 bits per heavy atom. The van der Waals surface area contributed by atoms with Gasteiger partial charge in [0.05, 0.1) is 11.7 Å². The van der Waals surface area contributed by atoms with Crippen LogP contribution in [0.4, 0.5) is 26.3 Å². The summed E-state index contributed by atoms with van der Waals surface area (Å²) in [6.45, 7) is 2.89. The quantitative estimate of drug-likeness (QED) is 0.621. The van der Waals surface area contributed by atoms with E-state index < -0.39 is 41.1 Å². The highest BCUT2D eigenvalue weighted by molar-refractivity contribution is 6.04. The van der Waals surface area contributed by atoms with Gasteiger partial charge in [-0.15, -0.1) is 0 Å². The number of alkyl halides is 5. The van der Waals surface area contributed by atoms with Crippen molar-refractivity contribution in [1.29, 1.82) is 0 Å². The number of halogens is 6. The predicted molar refractivity (Wildman–Crippen MR) is 57.5 cm³/mol. The molecule has 0 aliphatic rings. The molecule has 0 fully saturated rings. The summed E-state index contributed by atoms with van der Waals surface area (Å²) in [7, 11) is 0. The number of ketones is 1. The van der Waals surface area contributed by atoms with Crippen LogP contribution in [-0.2, 0) is 0 Å². The molecule has 0 spiro atoms. The number of hydrogen-bond acceptors (Lipinski definition) is 2. The zero-order valence-electron chi connectivity index (χ0n) is 10.4. The lowest BCUT2D eigenvalue weighted by atomic mass is 10.0. The van der Waals surface area contributed by atoms with E-state index in [4.69, 9.17) is 4.74 Å². The molecule has 0 bridgehead atoms. The maximum absolute atomic E-state index is 13.0. The van der Waals surface area contributed by atoms with Crippen LogP contribution < -0.4 is 4.74 Å². The summed E-state index contributed by atoms with van der Waals surface area (Å²) in [6.07, 6.45) is -6.67. The summed E-state index contributed by atoms with van der Waals surface area (Å²) in [5.41, 5.74) is -1.03. The first-order chi connectivity index (χ1) is 8.96. The van der Waals surface area contributed by atoms with Crippen LogP contribution in [0.5, 0.6) is 5.75 Å². The first-order valence-corrected chi connectivity index (χ1v) is 5.42. The van der Waals surface area contributed by atoms with Crippen molar-refractivity contribution in [1.82, 2.24) is 0 Å². The summed E-state index contributed by atoms with van der Waals surface area (Å²) < 4.78 is 80.4. The van der Waals surface area contributed by atoms with Gasteiger partial charge in [-0.25, -0.2) is 4.39 Å². The van der Waals surface area contributed by atoms with Gasteiger partial charge in [-0.3, -0.25) is 4.79 Å². The van der Waals surface area contributed by atoms with Crippen LogP contribution in [0.25, 0.3) is 0 Å². The molecule has 0 saturated carbocycles. The molecule has 0 unspecified atom stereocenters. The van der Waals surface area contributed by atoms with Crippen LogP contribution in [0.3, 0.4) is 0 Å². The van der Waals surface area contributed by atoms with Crippen molar-refractivity contribution in [2.75, 3.05) is 0 Å². The molecule has 112 valence electrons. The van der Waals surface area contributed by atoms with Crippen molar-refractivity contribution >= 4 is 5.78 Å². The Morgan fingerprint density at radius 3 is 2.15 bits per heavy atom. The molecule has 0 aliphatic carbocycles. The Balaban J connectivity index is 3.29. The molecule has 1 aromatic carbocycles. The molecule has 0 saturated heterocycles. The maximum Gasteiger partial charge on any atom is 0.461 e. The second-order valence-corrected chi connectivity index (χ2v) is 4.21. The van der Waals surface area contributed by atoms with E-state index in [1.807, 2.05) is 0 Å². The third-order valence-electron chi connectivity index (χ3n) is 2.19. The summed E-state index contributed by atoms with van der Waals surface area (Å²) in [4.78, 5) is 11.4. The lowest BCUT2D eigenvalue weighted by Gasteiger charge is -2.20. The SMILES string of the molecule is CC(C)Oc1cc(F)ccc1C(=O)C(F)(F)C(F)(F)F. The van der Waals surface area contributed by atoms with Crippen molar-refractivity contribution in [2.24, 2.45) is 0 Å². The number of rotatable bonds is 4. The smallest absolute Gasteiger partial charge is 0.461 e. The summed E-state index contributed by atoms with van der Waals surface area (Å²) in [6, 6.07) is 1.72. The molecule has 0 atom stereocenters. The van der Waals surface area contributed by atoms with Gasteiger partial charge in [0.15, 0.2) is 0 Å². The van der Waals surface area contributed by atoms with Gasteiger partial charge in [0.1, 0.15) is 11.6 Å². The van der Waals surface area contributed by atoms with Crippen LogP contribution in [-0.4, -0.2) is 24.0 Å². The molecule has 2 nitrogen and oxygen atoms in total. The lowest BCUT2D eigenvalue weighted by molar-refractivity contribution is -0.255. The predicted octanol–water partition coefficient (Wildman–Crippen LogP) is 3.99. The normalized spacial score (nSPS) is 12.7. The molecule has 1 rings (SSSR count). The zero-order valence-corrected chi connectivity index (χ0v) is 10.4. The number of ether oxygens (including phenoxy) is 1. The molecule has 0 amide bonds. The van der Waals surface area contributed by atoms with Gasteiger partial charge < -0.3 is 4.74 Å². The third kappa shape index (κ3) is 3.23. The largest absolute Gasteiger partial charge is 0.490 e. The minimum Gasteiger partial charge on any atom is -0.490 e. The number of hydrogen-bond donors (Lipinski definition) is 0. The summed E-state index contributed by atoms with van der Waals surface area (Å²) >= 11 is 0. The molecule has 20 heavy (non-hydrogen) atoms. The molecule has 1 aromatic rings. The Hall–Kier alpha value is -1.73. The van der Waals surface area contributed by atoms with E-state index in [0.29, 0.717) is 18.2 Å². The average Bonchev–Trinajstić information content (AvgIpc) is 2.25. The van der Waals surface area contributed by atoms with E-state index in [9.17, 15) is 31.1 Å².